The van der Waals surface area contributed by atoms with E-state index >= 15 is 0 Å². The fourth-order valence-electron chi connectivity index (χ4n) is 2.87. The summed E-state index contributed by atoms with van der Waals surface area (Å²) in [7, 11) is 1.66. The Balaban J connectivity index is 1.98. The minimum Gasteiger partial charge on any atom is -0.494 e. The molecule has 3 aromatic rings. The Hall–Kier alpha value is -3.31. The zero-order valence-electron chi connectivity index (χ0n) is 16.9. The lowest BCUT2D eigenvalue weighted by Crippen LogP contribution is -2.29. The standard InChI is InChI=1S/C22H22N4O3S/c1-3-29-17-11-9-16(10-12-17)26-21(28)18-7-4-5-8-19(18)24-22(26)30-15-20(27)25(2)14-6-13-23/h4-5,7-12H,3,6,14-15H2,1-2H3. The fraction of sp³-hybridized carbons (Fsp3) is 0.273. The molecule has 3 rings (SSSR count). The molecule has 0 saturated heterocycles. The monoisotopic (exact) mass is 422 g/mol. The number of fused-ring (bicyclic) bond motifs is 1. The predicted octanol–water partition coefficient (Wildman–Crippen LogP) is 3.25. The van der Waals surface area contributed by atoms with E-state index < -0.39 is 0 Å². The predicted molar refractivity (Wildman–Crippen MR) is 117 cm³/mol. The highest BCUT2D eigenvalue weighted by Crippen LogP contribution is 2.23. The third kappa shape index (κ3) is 4.81. The van der Waals surface area contributed by atoms with E-state index in [4.69, 9.17) is 10.00 Å². The Morgan fingerprint density at radius 2 is 1.97 bits per heavy atom. The minimum absolute atomic E-state index is 0.115. The van der Waals surface area contributed by atoms with Crippen LogP contribution in [-0.4, -0.2) is 46.3 Å². The van der Waals surface area contributed by atoms with Gasteiger partial charge in [0.1, 0.15) is 5.75 Å². The van der Waals surface area contributed by atoms with Gasteiger partial charge in [0.2, 0.25) is 5.91 Å². The summed E-state index contributed by atoms with van der Waals surface area (Å²) in [4.78, 5) is 31.8. The molecular weight excluding hydrogens is 400 g/mol. The van der Waals surface area contributed by atoms with Gasteiger partial charge in [-0.3, -0.25) is 14.2 Å². The smallest absolute Gasteiger partial charge is 0.266 e. The molecule has 1 heterocycles. The fourth-order valence-corrected chi connectivity index (χ4v) is 3.83. The molecule has 0 saturated carbocycles. The summed E-state index contributed by atoms with van der Waals surface area (Å²) in [6, 6.07) is 16.4. The van der Waals surface area contributed by atoms with Crippen LogP contribution in [0.3, 0.4) is 0 Å². The van der Waals surface area contributed by atoms with Gasteiger partial charge in [-0.2, -0.15) is 5.26 Å². The highest BCUT2D eigenvalue weighted by molar-refractivity contribution is 7.99. The molecule has 154 valence electrons. The molecule has 0 radical (unpaired) electrons. The average Bonchev–Trinajstić information content (AvgIpc) is 2.77. The van der Waals surface area contributed by atoms with Gasteiger partial charge in [0, 0.05) is 13.6 Å². The van der Waals surface area contributed by atoms with E-state index in [0.717, 1.165) is 0 Å². The van der Waals surface area contributed by atoms with Crippen LogP contribution in [0, 0.1) is 11.3 Å². The maximum atomic E-state index is 13.2. The lowest BCUT2D eigenvalue weighted by molar-refractivity contribution is -0.127. The third-order valence-electron chi connectivity index (χ3n) is 4.46. The molecule has 0 atom stereocenters. The first-order valence-electron chi connectivity index (χ1n) is 9.54. The van der Waals surface area contributed by atoms with E-state index in [-0.39, 0.29) is 23.6 Å². The number of aromatic nitrogens is 2. The Bertz CT molecular complexity index is 1140. The molecule has 7 nitrogen and oxygen atoms in total. The second kappa shape index (κ2) is 9.94. The molecule has 0 fully saturated rings. The number of rotatable bonds is 8. The van der Waals surface area contributed by atoms with Crippen molar-refractivity contribution < 1.29 is 9.53 Å². The van der Waals surface area contributed by atoms with Crippen molar-refractivity contribution in [3.63, 3.8) is 0 Å². The number of hydrogen-bond acceptors (Lipinski definition) is 6. The zero-order chi connectivity index (χ0) is 21.5. The van der Waals surface area contributed by atoms with Gasteiger partial charge in [-0.1, -0.05) is 23.9 Å². The largest absolute Gasteiger partial charge is 0.494 e. The summed E-state index contributed by atoms with van der Waals surface area (Å²) in [5, 5.41) is 9.64. The Morgan fingerprint density at radius 1 is 1.23 bits per heavy atom. The van der Waals surface area contributed by atoms with Crippen molar-refractivity contribution in [3.8, 4) is 17.5 Å². The van der Waals surface area contributed by atoms with Crippen LogP contribution < -0.4 is 10.3 Å². The van der Waals surface area contributed by atoms with Crippen molar-refractivity contribution >= 4 is 28.6 Å². The Morgan fingerprint density at radius 3 is 2.67 bits per heavy atom. The molecule has 0 aliphatic carbocycles. The number of thioether (sulfide) groups is 1. The van der Waals surface area contributed by atoms with E-state index in [1.165, 1.54) is 21.2 Å². The SMILES string of the molecule is CCOc1ccc(-n2c(SCC(=O)N(C)CCC#N)nc3ccccc3c2=O)cc1. The molecule has 2 aromatic carbocycles. The van der Waals surface area contributed by atoms with Crippen LogP contribution in [0.4, 0.5) is 0 Å². The number of nitriles is 1. The molecule has 0 spiro atoms. The molecule has 0 unspecified atom stereocenters. The lowest BCUT2D eigenvalue weighted by atomic mass is 10.2. The third-order valence-corrected chi connectivity index (χ3v) is 5.38. The van der Waals surface area contributed by atoms with Crippen LogP contribution >= 0.6 is 11.8 Å². The molecule has 0 aliphatic heterocycles. The van der Waals surface area contributed by atoms with Crippen LogP contribution in [0.1, 0.15) is 13.3 Å². The number of amides is 1. The summed E-state index contributed by atoms with van der Waals surface area (Å²) >= 11 is 1.20. The molecule has 30 heavy (non-hydrogen) atoms. The van der Waals surface area contributed by atoms with Crippen LogP contribution in [0.25, 0.3) is 16.6 Å². The van der Waals surface area contributed by atoms with Crippen molar-refractivity contribution in [1.29, 1.82) is 5.26 Å². The first kappa shape index (κ1) is 21.4. The van der Waals surface area contributed by atoms with E-state index in [9.17, 15) is 9.59 Å². The van der Waals surface area contributed by atoms with Crippen molar-refractivity contribution in [3.05, 3.63) is 58.9 Å². The van der Waals surface area contributed by atoms with Crippen molar-refractivity contribution in [1.82, 2.24) is 14.5 Å². The van der Waals surface area contributed by atoms with Gasteiger partial charge in [-0.25, -0.2) is 4.98 Å². The lowest BCUT2D eigenvalue weighted by Gasteiger charge is -2.17. The van der Waals surface area contributed by atoms with Gasteiger partial charge < -0.3 is 9.64 Å². The van der Waals surface area contributed by atoms with Crippen LogP contribution in [0.5, 0.6) is 5.75 Å². The van der Waals surface area contributed by atoms with Gasteiger partial charge >= 0.3 is 0 Å². The average molecular weight is 423 g/mol. The van der Waals surface area contributed by atoms with Crippen molar-refractivity contribution in [2.45, 2.75) is 18.5 Å². The quantitative estimate of drug-likeness (QED) is 0.409. The number of hydrogen-bond donors (Lipinski definition) is 0. The summed E-state index contributed by atoms with van der Waals surface area (Å²) in [5.74, 6) is 0.700. The zero-order valence-corrected chi connectivity index (χ0v) is 17.7. The maximum Gasteiger partial charge on any atom is 0.266 e. The van der Waals surface area contributed by atoms with E-state index in [1.54, 1.807) is 49.5 Å². The highest BCUT2D eigenvalue weighted by Gasteiger charge is 2.16. The summed E-state index contributed by atoms with van der Waals surface area (Å²) < 4.78 is 7.00. The topological polar surface area (TPSA) is 88.2 Å². The Kier molecular flexibility index (Phi) is 7.09. The Labute approximate surface area is 178 Å². The van der Waals surface area contributed by atoms with Gasteiger partial charge in [-0.15, -0.1) is 0 Å². The summed E-state index contributed by atoms with van der Waals surface area (Å²) in [6.07, 6.45) is 0.276. The van der Waals surface area contributed by atoms with Gasteiger partial charge in [0.05, 0.1) is 41.4 Å². The summed E-state index contributed by atoms with van der Waals surface area (Å²) in [6.45, 7) is 2.83. The molecule has 0 N–H and O–H groups in total. The molecule has 8 heteroatoms. The number of nitrogens with zero attached hydrogens (tertiary/aromatic N) is 4. The van der Waals surface area contributed by atoms with Crippen LogP contribution in [-0.2, 0) is 4.79 Å². The molecule has 1 aromatic heterocycles. The number of ether oxygens (including phenoxy) is 1. The van der Waals surface area contributed by atoms with Crippen molar-refractivity contribution in [2.75, 3.05) is 26.0 Å². The molecule has 0 aliphatic rings. The molecule has 1 amide bonds. The number of carbonyl (C=O) groups excluding carboxylic acids is 1. The first-order chi connectivity index (χ1) is 14.5. The highest BCUT2D eigenvalue weighted by atomic mass is 32.2. The van der Waals surface area contributed by atoms with Gasteiger partial charge in [-0.05, 0) is 43.3 Å². The second-order valence-electron chi connectivity index (χ2n) is 6.49. The number of benzene rings is 2. The van der Waals surface area contributed by atoms with E-state index in [2.05, 4.69) is 4.98 Å². The van der Waals surface area contributed by atoms with Gasteiger partial charge in [0.25, 0.3) is 5.56 Å². The summed E-state index contributed by atoms with van der Waals surface area (Å²) in [5.41, 5.74) is 1.03. The van der Waals surface area contributed by atoms with E-state index in [1.807, 2.05) is 19.1 Å². The first-order valence-corrected chi connectivity index (χ1v) is 10.5. The molecule has 0 bridgehead atoms. The van der Waals surface area contributed by atoms with Crippen LogP contribution in [0.15, 0.2) is 58.5 Å². The molecular formula is C22H22N4O3S. The second-order valence-corrected chi connectivity index (χ2v) is 7.43. The van der Waals surface area contributed by atoms with Crippen LogP contribution in [0.2, 0.25) is 0 Å². The normalized spacial score (nSPS) is 10.6. The minimum atomic E-state index is -0.197. The maximum absolute atomic E-state index is 13.2. The van der Waals surface area contributed by atoms with Crippen molar-refractivity contribution in [2.24, 2.45) is 0 Å². The number of para-hydroxylation sites is 1. The van der Waals surface area contributed by atoms with Gasteiger partial charge in [0.15, 0.2) is 5.16 Å². The van der Waals surface area contributed by atoms with E-state index in [0.29, 0.717) is 40.6 Å². The number of carbonyl (C=O) groups is 1.